The monoisotopic (exact) mass is 475 g/mol. The highest BCUT2D eigenvalue weighted by molar-refractivity contribution is 6.31. The molecule has 0 bridgehead atoms. The van der Waals surface area contributed by atoms with Gasteiger partial charge in [0.05, 0.1) is 17.4 Å². The van der Waals surface area contributed by atoms with Gasteiger partial charge in [0.25, 0.3) is 5.91 Å². The second-order valence-electron chi connectivity index (χ2n) is 8.41. The molecule has 6 nitrogen and oxygen atoms in total. The van der Waals surface area contributed by atoms with Gasteiger partial charge < -0.3 is 4.90 Å². The van der Waals surface area contributed by atoms with Crippen LogP contribution in [0.5, 0.6) is 0 Å². The van der Waals surface area contributed by atoms with Gasteiger partial charge in [-0.15, -0.1) is 0 Å². The van der Waals surface area contributed by atoms with Crippen molar-refractivity contribution in [3.63, 3.8) is 0 Å². The van der Waals surface area contributed by atoms with E-state index in [1.54, 1.807) is 29.3 Å². The molecule has 0 N–H and O–H groups in total. The molecule has 0 radical (unpaired) electrons. The van der Waals surface area contributed by atoms with E-state index >= 15 is 0 Å². The SMILES string of the molecule is CCN(CC)c1ccc([C@H]2[C@H]3C(=O)N(c4ccc(Cl)cc4)C(=O)[C@@H]3ON2c2ccccc2)cc1. The zero-order chi connectivity index (χ0) is 23.8. The number of carbonyl (C=O) groups is 2. The number of nitrogens with zero attached hydrogens (tertiary/aromatic N) is 3. The van der Waals surface area contributed by atoms with Gasteiger partial charge in [-0.05, 0) is 67.9 Å². The summed E-state index contributed by atoms with van der Waals surface area (Å²) in [4.78, 5) is 36.7. The number of para-hydroxylation sites is 1. The standard InChI is InChI=1S/C27H26ClN3O3/c1-3-29(4-2)20-14-10-18(11-15-20)24-23-25(34-31(24)22-8-6-5-7-9-22)27(33)30(26(23)32)21-16-12-19(28)13-17-21/h5-17,23-25H,3-4H2,1-2H3/t23-,24+,25-/m1/s1. The number of amides is 2. The van der Waals surface area contributed by atoms with Crippen molar-refractivity contribution in [2.75, 3.05) is 28.0 Å². The fraction of sp³-hybridized carbons (Fsp3) is 0.259. The van der Waals surface area contributed by atoms with Gasteiger partial charge in [-0.25, -0.2) is 9.96 Å². The Balaban J connectivity index is 1.54. The number of hydrogen-bond donors (Lipinski definition) is 0. The van der Waals surface area contributed by atoms with E-state index in [1.807, 2.05) is 42.5 Å². The Hall–Kier alpha value is -3.35. The van der Waals surface area contributed by atoms with Crippen molar-refractivity contribution >= 4 is 40.5 Å². The Morgan fingerprint density at radius 3 is 2.09 bits per heavy atom. The molecule has 34 heavy (non-hydrogen) atoms. The van der Waals surface area contributed by atoms with E-state index in [2.05, 4.69) is 30.9 Å². The summed E-state index contributed by atoms with van der Waals surface area (Å²) in [6.45, 7) is 6.06. The van der Waals surface area contributed by atoms with Crippen LogP contribution in [-0.2, 0) is 14.4 Å². The van der Waals surface area contributed by atoms with E-state index in [1.165, 1.54) is 4.90 Å². The fourth-order valence-electron chi connectivity index (χ4n) is 4.87. The molecule has 0 spiro atoms. The minimum Gasteiger partial charge on any atom is -0.372 e. The third-order valence-electron chi connectivity index (χ3n) is 6.57. The predicted octanol–water partition coefficient (Wildman–Crippen LogP) is 5.24. The quantitative estimate of drug-likeness (QED) is 0.456. The molecule has 7 heteroatoms. The highest BCUT2D eigenvalue weighted by atomic mass is 35.5. The van der Waals surface area contributed by atoms with Crippen molar-refractivity contribution in [2.24, 2.45) is 5.92 Å². The van der Waals surface area contributed by atoms with Crippen LogP contribution in [0.4, 0.5) is 17.1 Å². The van der Waals surface area contributed by atoms with Gasteiger partial charge in [0.15, 0.2) is 6.10 Å². The van der Waals surface area contributed by atoms with Gasteiger partial charge in [0.1, 0.15) is 5.92 Å². The second kappa shape index (κ2) is 9.12. The summed E-state index contributed by atoms with van der Waals surface area (Å²) in [5, 5.41) is 2.26. The highest BCUT2D eigenvalue weighted by Gasteiger charge is 2.60. The number of hydroxylamine groups is 1. The van der Waals surface area contributed by atoms with Gasteiger partial charge >= 0.3 is 0 Å². The van der Waals surface area contributed by atoms with Crippen LogP contribution in [0.25, 0.3) is 0 Å². The number of hydrogen-bond acceptors (Lipinski definition) is 5. The van der Waals surface area contributed by atoms with Crippen molar-refractivity contribution in [2.45, 2.75) is 26.0 Å². The third-order valence-corrected chi connectivity index (χ3v) is 6.83. The van der Waals surface area contributed by atoms with Crippen molar-refractivity contribution in [1.29, 1.82) is 0 Å². The van der Waals surface area contributed by atoms with E-state index in [4.69, 9.17) is 16.4 Å². The van der Waals surface area contributed by atoms with E-state index in [0.29, 0.717) is 10.7 Å². The molecular formula is C27H26ClN3O3. The minimum atomic E-state index is -0.893. The lowest BCUT2D eigenvalue weighted by atomic mass is 9.90. The largest absolute Gasteiger partial charge is 0.372 e. The van der Waals surface area contributed by atoms with Crippen LogP contribution in [-0.4, -0.2) is 31.0 Å². The summed E-state index contributed by atoms with van der Waals surface area (Å²) in [7, 11) is 0. The van der Waals surface area contributed by atoms with Crippen LogP contribution in [0.3, 0.4) is 0 Å². The van der Waals surface area contributed by atoms with Crippen LogP contribution < -0.4 is 14.9 Å². The van der Waals surface area contributed by atoms with Gasteiger partial charge in [0.2, 0.25) is 5.91 Å². The normalized spacial score (nSPS) is 21.8. The average Bonchev–Trinajstić information content (AvgIpc) is 3.38. The zero-order valence-corrected chi connectivity index (χ0v) is 19.9. The lowest BCUT2D eigenvalue weighted by Crippen LogP contribution is -2.37. The first-order chi connectivity index (χ1) is 16.5. The van der Waals surface area contributed by atoms with Crippen molar-refractivity contribution in [3.8, 4) is 0 Å². The van der Waals surface area contributed by atoms with Gasteiger partial charge in [-0.2, -0.15) is 0 Å². The van der Waals surface area contributed by atoms with Crippen LogP contribution in [0.1, 0.15) is 25.5 Å². The van der Waals surface area contributed by atoms with Crippen LogP contribution >= 0.6 is 11.6 Å². The lowest BCUT2D eigenvalue weighted by Gasteiger charge is -2.29. The molecule has 0 saturated carbocycles. The lowest BCUT2D eigenvalue weighted by molar-refractivity contribution is -0.126. The maximum Gasteiger partial charge on any atom is 0.266 e. The Morgan fingerprint density at radius 1 is 0.824 bits per heavy atom. The molecule has 0 aliphatic carbocycles. The molecule has 3 aromatic rings. The molecule has 3 aromatic carbocycles. The first kappa shape index (κ1) is 22.4. The van der Waals surface area contributed by atoms with Crippen molar-refractivity contribution < 1.29 is 14.4 Å². The van der Waals surface area contributed by atoms with Gasteiger partial charge in [-0.1, -0.05) is 41.9 Å². The molecule has 2 heterocycles. The molecule has 2 fully saturated rings. The maximum absolute atomic E-state index is 13.7. The number of halogens is 1. The smallest absolute Gasteiger partial charge is 0.266 e. The van der Waals surface area contributed by atoms with E-state index in [0.717, 1.165) is 30.0 Å². The third kappa shape index (κ3) is 3.73. The number of benzene rings is 3. The summed E-state index contributed by atoms with van der Waals surface area (Å²) in [6, 6.07) is 24.1. The topological polar surface area (TPSA) is 53.1 Å². The summed E-state index contributed by atoms with van der Waals surface area (Å²) < 4.78 is 0. The van der Waals surface area contributed by atoms with Gasteiger partial charge in [-0.3, -0.25) is 14.4 Å². The molecule has 2 aliphatic heterocycles. The molecule has 2 amide bonds. The molecule has 5 rings (SSSR count). The Morgan fingerprint density at radius 2 is 1.47 bits per heavy atom. The number of anilines is 3. The molecule has 2 saturated heterocycles. The van der Waals surface area contributed by atoms with E-state index in [-0.39, 0.29) is 11.8 Å². The molecule has 2 aliphatic rings. The Labute approximate surface area is 204 Å². The van der Waals surface area contributed by atoms with Gasteiger partial charge in [0, 0.05) is 23.8 Å². The van der Waals surface area contributed by atoms with Crippen molar-refractivity contribution in [1.82, 2.24) is 0 Å². The first-order valence-corrected chi connectivity index (χ1v) is 11.9. The van der Waals surface area contributed by atoms with Crippen molar-refractivity contribution in [3.05, 3.63) is 89.4 Å². The van der Waals surface area contributed by atoms with E-state index in [9.17, 15) is 9.59 Å². The number of carbonyl (C=O) groups excluding carboxylic acids is 2. The second-order valence-corrected chi connectivity index (χ2v) is 8.85. The molecule has 3 atom stereocenters. The average molecular weight is 476 g/mol. The fourth-order valence-corrected chi connectivity index (χ4v) is 4.99. The highest BCUT2D eigenvalue weighted by Crippen LogP contribution is 2.47. The Bertz CT molecular complexity index is 1180. The summed E-state index contributed by atoms with van der Waals surface area (Å²) in [6.07, 6.45) is -0.893. The summed E-state index contributed by atoms with van der Waals surface area (Å²) in [5.74, 6) is -1.29. The molecule has 0 aromatic heterocycles. The minimum absolute atomic E-state index is 0.270. The van der Waals surface area contributed by atoms with E-state index < -0.39 is 18.1 Å². The maximum atomic E-state index is 13.7. The van der Waals surface area contributed by atoms with Crippen LogP contribution in [0.15, 0.2) is 78.9 Å². The Kier molecular flexibility index (Phi) is 6.02. The summed E-state index contributed by atoms with van der Waals surface area (Å²) in [5.41, 5.74) is 3.34. The number of fused-ring (bicyclic) bond motifs is 1. The van der Waals surface area contributed by atoms with Crippen LogP contribution in [0, 0.1) is 5.92 Å². The molecule has 174 valence electrons. The zero-order valence-electron chi connectivity index (χ0n) is 19.1. The predicted molar refractivity (Wildman–Crippen MR) is 134 cm³/mol. The number of rotatable bonds is 6. The molecule has 0 unspecified atom stereocenters. The molecular weight excluding hydrogens is 450 g/mol. The first-order valence-electron chi connectivity index (χ1n) is 11.5. The summed E-state index contributed by atoms with van der Waals surface area (Å²) >= 11 is 6.01. The van der Waals surface area contributed by atoms with Crippen LogP contribution in [0.2, 0.25) is 5.02 Å². The number of imide groups is 1.